The molecule has 54 valence electrons. The Balaban J connectivity index is 2.59. The Morgan fingerprint density at radius 1 is 1.50 bits per heavy atom. The Morgan fingerprint density at radius 3 is 2.80 bits per heavy atom. The Bertz CT molecular complexity index is 191. The zero-order chi connectivity index (χ0) is 7.40. The molecule has 0 amide bonds. The molecule has 1 unspecified atom stereocenters. The van der Waals surface area contributed by atoms with E-state index >= 15 is 0 Å². The van der Waals surface area contributed by atoms with Gasteiger partial charge in [-0.25, -0.2) is 0 Å². The van der Waals surface area contributed by atoms with Crippen LogP contribution in [-0.4, -0.2) is 5.84 Å². The minimum Gasteiger partial charge on any atom is -0.385 e. The van der Waals surface area contributed by atoms with Crippen molar-refractivity contribution >= 4 is 5.84 Å². The van der Waals surface area contributed by atoms with Crippen molar-refractivity contribution in [1.82, 2.24) is 0 Å². The molecule has 10 heavy (non-hydrogen) atoms. The summed E-state index contributed by atoms with van der Waals surface area (Å²) in [6.45, 7) is 0. The predicted octanol–water partition coefficient (Wildman–Crippen LogP) is 0.350. The fourth-order valence-corrected chi connectivity index (χ4v) is 0.896. The van der Waals surface area contributed by atoms with E-state index in [1.165, 1.54) is 0 Å². The van der Waals surface area contributed by atoms with E-state index in [-0.39, 0.29) is 5.92 Å². The van der Waals surface area contributed by atoms with Crippen LogP contribution in [0.4, 0.5) is 0 Å². The van der Waals surface area contributed by atoms with Crippen molar-refractivity contribution in [3.05, 3.63) is 24.3 Å². The molecule has 0 heterocycles. The van der Waals surface area contributed by atoms with Crippen LogP contribution in [0.3, 0.4) is 0 Å². The number of hydrogen-bond donors (Lipinski definition) is 2. The highest BCUT2D eigenvalue weighted by atomic mass is 15.2. The first-order chi connectivity index (χ1) is 4.84. The van der Waals surface area contributed by atoms with Gasteiger partial charge in [0.2, 0.25) is 0 Å². The number of nitrogens with two attached hydrogens (primary N) is 2. The van der Waals surface area contributed by atoms with Crippen LogP contribution < -0.4 is 11.6 Å². The molecule has 3 nitrogen and oxygen atoms in total. The van der Waals surface area contributed by atoms with Crippen molar-refractivity contribution in [2.75, 3.05) is 0 Å². The minimum atomic E-state index is 0.204. The van der Waals surface area contributed by atoms with Crippen LogP contribution in [0, 0.1) is 5.92 Å². The average molecular weight is 137 g/mol. The van der Waals surface area contributed by atoms with Crippen LogP contribution in [0.15, 0.2) is 29.4 Å². The minimum absolute atomic E-state index is 0.204. The topological polar surface area (TPSA) is 64.4 Å². The number of hydrogen-bond acceptors (Lipinski definition) is 2. The van der Waals surface area contributed by atoms with Gasteiger partial charge in [0.15, 0.2) is 0 Å². The third-order valence-electron chi connectivity index (χ3n) is 1.51. The van der Waals surface area contributed by atoms with Gasteiger partial charge in [-0.3, -0.25) is 0 Å². The van der Waals surface area contributed by atoms with Gasteiger partial charge < -0.3 is 11.6 Å². The maximum absolute atomic E-state index is 5.49. The van der Waals surface area contributed by atoms with Crippen molar-refractivity contribution in [1.29, 1.82) is 0 Å². The lowest BCUT2D eigenvalue weighted by Gasteiger charge is -2.10. The van der Waals surface area contributed by atoms with Crippen molar-refractivity contribution in [2.24, 2.45) is 22.6 Å². The first-order valence-corrected chi connectivity index (χ1v) is 3.21. The quantitative estimate of drug-likeness (QED) is 0.237. The Hall–Kier alpha value is -1.25. The van der Waals surface area contributed by atoms with Gasteiger partial charge in [-0.1, -0.05) is 24.3 Å². The summed E-state index contributed by atoms with van der Waals surface area (Å²) in [4.78, 5) is 0. The Labute approximate surface area is 60.1 Å². The lowest BCUT2D eigenvalue weighted by molar-refractivity contribution is 0.851. The second-order valence-electron chi connectivity index (χ2n) is 2.21. The summed E-state index contributed by atoms with van der Waals surface area (Å²) in [6.07, 6.45) is 8.88. The highest BCUT2D eigenvalue weighted by Gasteiger charge is 2.08. The summed E-state index contributed by atoms with van der Waals surface area (Å²) in [7, 11) is 0. The molecule has 0 bridgehead atoms. The number of nitrogens with zero attached hydrogens (tertiary/aromatic N) is 1. The van der Waals surface area contributed by atoms with E-state index in [0.29, 0.717) is 5.84 Å². The lowest BCUT2D eigenvalue weighted by Crippen LogP contribution is -2.23. The maximum atomic E-state index is 5.49. The Morgan fingerprint density at radius 2 is 2.30 bits per heavy atom. The van der Waals surface area contributed by atoms with Gasteiger partial charge in [-0.15, -0.1) is 0 Å². The second kappa shape index (κ2) is 3.06. The van der Waals surface area contributed by atoms with E-state index in [0.717, 1.165) is 6.42 Å². The fourth-order valence-electron chi connectivity index (χ4n) is 0.896. The average Bonchev–Trinajstić information content (AvgIpc) is 2.05. The first kappa shape index (κ1) is 6.86. The molecule has 0 aromatic rings. The molecule has 4 N–H and O–H groups in total. The number of rotatable bonds is 1. The van der Waals surface area contributed by atoms with Crippen molar-refractivity contribution in [3.8, 4) is 0 Å². The molecule has 0 saturated carbocycles. The molecule has 0 aliphatic heterocycles. The molecule has 1 rings (SSSR count). The summed E-state index contributed by atoms with van der Waals surface area (Å²) in [5, 5.41) is 3.42. The van der Waals surface area contributed by atoms with E-state index in [4.69, 9.17) is 11.6 Å². The smallest absolute Gasteiger partial charge is 0.126 e. The molecule has 1 aliphatic carbocycles. The summed E-state index contributed by atoms with van der Waals surface area (Å²) in [6, 6.07) is 0. The molecular formula is C7H11N3. The fraction of sp³-hybridized carbons (Fsp3) is 0.286. The third-order valence-corrected chi connectivity index (χ3v) is 1.51. The van der Waals surface area contributed by atoms with Crippen LogP contribution >= 0.6 is 0 Å². The van der Waals surface area contributed by atoms with Gasteiger partial charge in [0.05, 0.1) is 0 Å². The number of allylic oxidation sites excluding steroid dienone is 3. The maximum Gasteiger partial charge on any atom is 0.126 e. The predicted molar refractivity (Wildman–Crippen MR) is 42.2 cm³/mol. The van der Waals surface area contributed by atoms with Crippen LogP contribution in [0.5, 0.6) is 0 Å². The van der Waals surface area contributed by atoms with Crippen LogP contribution in [0.1, 0.15) is 6.42 Å². The molecule has 1 atom stereocenters. The molecule has 0 fully saturated rings. The van der Waals surface area contributed by atoms with Gasteiger partial charge in [0.25, 0.3) is 0 Å². The van der Waals surface area contributed by atoms with Gasteiger partial charge in [0.1, 0.15) is 5.84 Å². The van der Waals surface area contributed by atoms with E-state index in [9.17, 15) is 0 Å². The molecule has 0 aromatic carbocycles. The SMILES string of the molecule is NN=C(N)C1C=CC=CC1. The first-order valence-electron chi connectivity index (χ1n) is 3.21. The summed E-state index contributed by atoms with van der Waals surface area (Å²) >= 11 is 0. The lowest BCUT2D eigenvalue weighted by atomic mass is 10.0. The molecule has 0 saturated heterocycles. The van der Waals surface area contributed by atoms with Crippen LogP contribution in [0.25, 0.3) is 0 Å². The zero-order valence-corrected chi connectivity index (χ0v) is 5.70. The standard InChI is InChI=1S/C7H11N3/c8-7(10-9)6-4-2-1-3-5-6/h1-4,6H,5,9H2,(H2,8,10). The van der Waals surface area contributed by atoms with E-state index in [1.54, 1.807) is 0 Å². The number of hydrazone groups is 1. The van der Waals surface area contributed by atoms with Crippen LogP contribution in [0.2, 0.25) is 0 Å². The molecule has 0 spiro atoms. The summed E-state index contributed by atoms with van der Waals surface area (Å²) in [5.74, 6) is 5.71. The van der Waals surface area contributed by atoms with Crippen LogP contribution in [-0.2, 0) is 0 Å². The Kier molecular flexibility index (Phi) is 2.10. The van der Waals surface area contributed by atoms with Crippen molar-refractivity contribution in [3.63, 3.8) is 0 Å². The van der Waals surface area contributed by atoms with Gasteiger partial charge in [-0.2, -0.15) is 5.10 Å². The summed E-state index contributed by atoms with van der Waals surface area (Å²) in [5.41, 5.74) is 5.49. The molecule has 0 radical (unpaired) electrons. The van der Waals surface area contributed by atoms with Crippen molar-refractivity contribution < 1.29 is 0 Å². The largest absolute Gasteiger partial charge is 0.385 e. The molecule has 1 aliphatic rings. The van der Waals surface area contributed by atoms with E-state index < -0.39 is 0 Å². The molecule has 3 heteroatoms. The van der Waals surface area contributed by atoms with Gasteiger partial charge in [-0.05, 0) is 6.42 Å². The summed E-state index contributed by atoms with van der Waals surface area (Å²) < 4.78 is 0. The van der Waals surface area contributed by atoms with E-state index in [2.05, 4.69) is 5.10 Å². The van der Waals surface area contributed by atoms with Gasteiger partial charge in [0, 0.05) is 5.92 Å². The van der Waals surface area contributed by atoms with E-state index in [1.807, 2.05) is 24.3 Å². The van der Waals surface area contributed by atoms with Gasteiger partial charge >= 0.3 is 0 Å². The molecule has 0 aromatic heterocycles. The second-order valence-corrected chi connectivity index (χ2v) is 2.21. The zero-order valence-electron chi connectivity index (χ0n) is 5.70. The monoisotopic (exact) mass is 137 g/mol. The highest BCUT2D eigenvalue weighted by Crippen LogP contribution is 2.10. The number of amidine groups is 1. The normalized spacial score (nSPS) is 25.2. The van der Waals surface area contributed by atoms with Crippen molar-refractivity contribution in [2.45, 2.75) is 6.42 Å². The third kappa shape index (κ3) is 1.37. The highest BCUT2D eigenvalue weighted by molar-refractivity contribution is 5.84. The molecular weight excluding hydrogens is 126 g/mol.